The fraction of sp³-hybridized carbons (Fsp3) is 0.200. The first kappa shape index (κ1) is 12.6. The van der Waals surface area contributed by atoms with Crippen LogP contribution in [0.5, 0.6) is 11.6 Å². The van der Waals surface area contributed by atoms with Crippen LogP contribution in [0.1, 0.15) is 28.4 Å². The zero-order valence-corrected chi connectivity index (χ0v) is 10.8. The van der Waals surface area contributed by atoms with E-state index in [9.17, 15) is 9.18 Å². The van der Waals surface area contributed by atoms with E-state index >= 15 is 0 Å². The maximum absolute atomic E-state index is 13.1. The molecule has 1 aromatic carbocycles. The minimum atomic E-state index is -0.440. The molecule has 0 spiro atoms. The Morgan fingerprint density at radius 2 is 2.20 bits per heavy atom. The standard InChI is InChI=1S/C15H12FNO3/c1-19-15-5-2-9(8-17-15)14-7-12(18)11-6-10(16)3-4-13(11)20-14/h2-6,8,14H,7H2,1H3. The van der Waals surface area contributed by atoms with Crippen LogP contribution in [0.4, 0.5) is 4.39 Å². The molecular weight excluding hydrogens is 261 g/mol. The molecule has 1 unspecified atom stereocenters. The highest BCUT2D eigenvalue weighted by Gasteiger charge is 2.28. The highest BCUT2D eigenvalue weighted by atomic mass is 19.1. The molecule has 1 atom stereocenters. The molecule has 5 heteroatoms. The smallest absolute Gasteiger partial charge is 0.212 e. The number of ketones is 1. The number of carbonyl (C=O) groups is 1. The number of methoxy groups -OCH3 is 1. The molecular formula is C15H12FNO3. The number of rotatable bonds is 2. The number of nitrogens with zero attached hydrogens (tertiary/aromatic N) is 1. The number of carbonyl (C=O) groups excluding carboxylic acids is 1. The van der Waals surface area contributed by atoms with Crippen molar-refractivity contribution < 1.29 is 18.7 Å². The van der Waals surface area contributed by atoms with Crippen LogP contribution in [0, 0.1) is 5.82 Å². The van der Waals surface area contributed by atoms with Gasteiger partial charge in [0.05, 0.1) is 19.1 Å². The average Bonchev–Trinajstić information content (AvgIpc) is 2.48. The summed E-state index contributed by atoms with van der Waals surface area (Å²) in [6.07, 6.45) is 1.38. The van der Waals surface area contributed by atoms with Gasteiger partial charge in [-0.25, -0.2) is 9.37 Å². The summed E-state index contributed by atoms with van der Waals surface area (Å²) in [7, 11) is 1.54. The maximum Gasteiger partial charge on any atom is 0.212 e. The summed E-state index contributed by atoms with van der Waals surface area (Å²) >= 11 is 0. The normalized spacial score (nSPS) is 17.3. The maximum atomic E-state index is 13.1. The van der Waals surface area contributed by atoms with E-state index in [4.69, 9.17) is 9.47 Å². The SMILES string of the molecule is COc1ccc(C2CC(=O)c3cc(F)ccc3O2)cn1. The fourth-order valence-electron chi connectivity index (χ4n) is 2.18. The third-order valence-corrected chi connectivity index (χ3v) is 3.22. The predicted octanol–water partition coefficient (Wildman–Crippen LogP) is 2.94. The molecule has 0 saturated carbocycles. The lowest BCUT2D eigenvalue weighted by Crippen LogP contribution is -2.20. The summed E-state index contributed by atoms with van der Waals surface area (Å²) < 4.78 is 23.9. The summed E-state index contributed by atoms with van der Waals surface area (Å²) in [5, 5.41) is 0. The Morgan fingerprint density at radius 1 is 1.35 bits per heavy atom. The second kappa shape index (κ2) is 4.92. The van der Waals surface area contributed by atoms with Gasteiger partial charge >= 0.3 is 0 Å². The lowest BCUT2D eigenvalue weighted by Gasteiger charge is -2.25. The van der Waals surface area contributed by atoms with Gasteiger partial charge in [-0.3, -0.25) is 4.79 Å². The molecule has 102 valence electrons. The first-order valence-electron chi connectivity index (χ1n) is 6.16. The minimum Gasteiger partial charge on any atom is -0.484 e. The molecule has 0 aliphatic carbocycles. The van der Waals surface area contributed by atoms with Crippen molar-refractivity contribution in [2.75, 3.05) is 7.11 Å². The molecule has 0 fully saturated rings. The van der Waals surface area contributed by atoms with Gasteiger partial charge in [-0.05, 0) is 24.3 Å². The third-order valence-electron chi connectivity index (χ3n) is 3.22. The molecule has 2 aromatic rings. The molecule has 0 bridgehead atoms. The van der Waals surface area contributed by atoms with E-state index in [1.54, 1.807) is 18.3 Å². The van der Waals surface area contributed by atoms with Crippen LogP contribution < -0.4 is 9.47 Å². The summed E-state index contributed by atoms with van der Waals surface area (Å²) in [6.45, 7) is 0. The summed E-state index contributed by atoms with van der Waals surface area (Å²) in [5.41, 5.74) is 1.08. The number of pyridine rings is 1. The molecule has 0 amide bonds. The number of Topliss-reactive ketones (excluding diaryl/α,β-unsaturated/α-hetero) is 1. The van der Waals surface area contributed by atoms with E-state index in [0.29, 0.717) is 17.2 Å². The van der Waals surface area contributed by atoms with E-state index < -0.39 is 11.9 Å². The number of ether oxygens (including phenoxy) is 2. The van der Waals surface area contributed by atoms with Gasteiger partial charge in [-0.2, -0.15) is 0 Å². The van der Waals surface area contributed by atoms with Gasteiger partial charge in [-0.1, -0.05) is 0 Å². The van der Waals surface area contributed by atoms with E-state index in [1.165, 1.54) is 25.3 Å². The molecule has 3 rings (SSSR count). The lowest BCUT2D eigenvalue weighted by atomic mass is 9.97. The zero-order chi connectivity index (χ0) is 14.1. The monoisotopic (exact) mass is 273 g/mol. The Labute approximate surface area is 115 Å². The van der Waals surface area contributed by atoms with Crippen LogP contribution in [-0.2, 0) is 0 Å². The van der Waals surface area contributed by atoms with Crippen LogP contribution in [0.15, 0.2) is 36.5 Å². The van der Waals surface area contributed by atoms with Crippen molar-refractivity contribution in [1.82, 2.24) is 4.98 Å². The Balaban J connectivity index is 1.90. The van der Waals surface area contributed by atoms with Crippen molar-refractivity contribution in [2.24, 2.45) is 0 Å². The Bertz CT molecular complexity index is 655. The van der Waals surface area contributed by atoms with Crippen molar-refractivity contribution in [3.05, 3.63) is 53.5 Å². The van der Waals surface area contributed by atoms with Gasteiger partial charge in [0.25, 0.3) is 0 Å². The van der Waals surface area contributed by atoms with Crippen molar-refractivity contribution in [1.29, 1.82) is 0 Å². The summed E-state index contributed by atoms with van der Waals surface area (Å²) in [5.74, 6) is 0.332. The number of fused-ring (bicyclic) bond motifs is 1. The van der Waals surface area contributed by atoms with E-state index in [2.05, 4.69) is 4.98 Å². The second-order valence-corrected chi connectivity index (χ2v) is 4.51. The molecule has 1 aliphatic heterocycles. The van der Waals surface area contributed by atoms with Gasteiger partial charge in [0.15, 0.2) is 5.78 Å². The number of aromatic nitrogens is 1. The molecule has 4 nitrogen and oxygen atoms in total. The Kier molecular flexibility index (Phi) is 3.10. The van der Waals surface area contributed by atoms with Crippen molar-refractivity contribution in [2.45, 2.75) is 12.5 Å². The van der Waals surface area contributed by atoms with E-state index in [-0.39, 0.29) is 12.2 Å². The van der Waals surface area contributed by atoms with Crippen LogP contribution in [0.2, 0.25) is 0 Å². The van der Waals surface area contributed by atoms with Crippen molar-refractivity contribution >= 4 is 5.78 Å². The lowest BCUT2D eigenvalue weighted by molar-refractivity contribution is 0.0848. The molecule has 0 radical (unpaired) electrons. The van der Waals surface area contributed by atoms with Crippen molar-refractivity contribution in [3.63, 3.8) is 0 Å². The molecule has 1 aromatic heterocycles. The Hall–Kier alpha value is -2.43. The van der Waals surface area contributed by atoms with Crippen LogP contribution in [0.25, 0.3) is 0 Å². The van der Waals surface area contributed by atoms with Gasteiger partial charge in [0.2, 0.25) is 5.88 Å². The average molecular weight is 273 g/mol. The first-order valence-corrected chi connectivity index (χ1v) is 6.16. The number of benzene rings is 1. The number of halogens is 1. The van der Waals surface area contributed by atoms with Crippen LogP contribution >= 0.6 is 0 Å². The summed E-state index contributed by atoms with van der Waals surface area (Å²) in [6, 6.07) is 7.48. The van der Waals surface area contributed by atoms with Crippen molar-refractivity contribution in [3.8, 4) is 11.6 Å². The van der Waals surface area contributed by atoms with Gasteiger partial charge in [-0.15, -0.1) is 0 Å². The van der Waals surface area contributed by atoms with E-state index in [1.807, 2.05) is 0 Å². The predicted molar refractivity (Wildman–Crippen MR) is 69.5 cm³/mol. The van der Waals surface area contributed by atoms with Gasteiger partial charge in [0.1, 0.15) is 17.7 Å². The minimum absolute atomic E-state index is 0.133. The molecule has 1 aliphatic rings. The quantitative estimate of drug-likeness (QED) is 0.844. The molecule has 0 N–H and O–H groups in total. The van der Waals surface area contributed by atoms with Crippen LogP contribution in [-0.4, -0.2) is 17.9 Å². The fourth-order valence-corrected chi connectivity index (χ4v) is 2.18. The van der Waals surface area contributed by atoms with Gasteiger partial charge < -0.3 is 9.47 Å². The first-order chi connectivity index (χ1) is 9.67. The second-order valence-electron chi connectivity index (χ2n) is 4.51. The van der Waals surface area contributed by atoms with Gasteiger partial charge in [0, 0.05) is 17.8 Å². The highest BCUT2D eigenvalue weighted by molar-refractivity contribution is 6.00. The molecule has 0 saturated heterocycles. The Morgan fingerprint density at radius 3 is 2.90 bits per heavy atom. The summed E-state index contributed by atoms with van der Waals surface area (Å²) in [4.78, 5) is 16.1. The number of hydrogen-bond donors (Lipinski definition) is 0. The molecule has 2 heterocycles. The van der Waals surface area contributed by atoms with Crippen LogP contribution in [0.3, 0.4) is 0 Å². The third kappa shape index (κ3) is 2.22. The molecule has 20 heavy (non-hydrogen) atoms. The highest BCUT2D eigenvalue weighted by Crippen LogP contribution is 2.35. The number of hydrogen-bond acceptors (Lipinski definition) is 4. The van der Waals surface area contributed by atoms with E-state index in [0.717, 1.165) is 5.56 Å². The zero-order valence-electron chi connectivity index (χ0n) is 10.8. The largest absolute Gasteiger partial charge is 0.484 e. The topological polar surface area (TPSA) is 48.4 Å².